The van der Waals surface area contributed by atoms with E-state index in [9.17, 15) is 10.1 Å². The summed E-state index contributed by atoms with van der Waals surface area (Å²) in [5, 5.41) is 11.4. The van der Waals surface area contributed by atoms with Crippen LogP contribution in [0.3, 0.4) is 0 Å². The van der Waals surface area contributed by atoms with Gasteiger partial charge in [0.2, 0.25) is 5.78 Å². The molecule has 0 saturated heterocycles. The maximum Gasteiger partial charge on any atom is 0.310 e. The number of nitro benzene ring substituents is 1. The summed E-state index contributed by atoms with van der Waals surface area (Å²) in [6.45, 7) is 4.15. The van der Waals surface area contributed by atoms with Crippen molar-refractivity contribution in [2.75, 3.05) is 0 Å². The highest BCUT2D eigenvalue weighted by molar-refractivity contribution is 5.72. The molecule has 7 nitrogen and oxygen atoms in total. The molecular weight excluding hydrogens is 380 g/mol. The third-order valence-electron chi connectivity index (χ3n) is 4.76. The summed E-state index contributed by atoms with van der Waals surface area (Å²) in [6.07, 6.45) is 5.68. The third kappa shape index (κ3) is 4.05. The molecule has 0 bridgehead atoms. The van der Waals surface area contributed by atoms with E-state index in [1.807, 2.05) is 73.0 Å². The van der Waals surface area contributed by atoms with Crippen LogP contribution in [0.5, 0.6) is 5.75 Å². The summed E-state index contributed by atoms with van der Waals surface area (Å²) in [7, 11) is 0. The van der Waals surface area contributed by atoms with E-state index < -0.39 is 4.92 Å². The predicted molar refractivity (Wildman–Crippen MR) is 115 cm³/mol. The minimum absolute atomic E-state index is 0.0633. The highest BCUT2D eigenvalue weighted by Gasteiger charge is 2.15. The fourth-order valence-electron chi connectivity index (χ4n) is 3.12. The van der Waals surface area contributed by atoms with Crippen LogP contribution in [0.25, 0.3) is 17.9 Å². The molecule has 150 valence electrons. The van der Waals surface area contributed by atoms with E-state index >= 15 is 0 Å². The lowest BCUT2D eigenvalue weighted by Gasteiger charge is -2.08. The van der Waals surface area contributed by atoms with Gasteiger partial charge in [-0.05, 0) is 49.2 Å². The summed E-state index contributed by atoms with van der Waals surface area (Å²) in [5.41, 5.74) is 4.32. The van der Waals surface area contributed by atoms with Crippen LogP contribution in [0.4, 0.5) is 5.69 Å². The molecule has 0 saturated carbocycles. The Balaban J connectivity index is 1.61. The first-order chi connectivity index (χ1) is 14.5. The average molecular weight is 400 g/mol. The monoisotopic (exact) mass is 400 g/mol. The number of fused-ring (bicyclic) bond motifs is 1. The van der Waals surface area contributed by atoms with E-state index in [0.717, 1.165) is 28.2 Å². The predicted octanol–water partition coefficient (Wildman–Crippen LogP) is 5.00. The smallest absolute Gasteiger partial charge is 0.310 e. The Morgan fingerprint density at radius 1 is 1.07 bits per heavy atom. The highest BCUT2D eigenvalue weighted by atomic mass is 16.6. The number of aromatic nitrogens is 3. The molecule has 2 heterocycles. The van der Waals surface area contributed by atoms with Gasteiger partial charge in [-0.2, -0.15) is 0 Å². The highest BCUT2D eigenvalue weighted by Crippen LogP contribution is 2.29. The van der Waals surface area contributed by atoms with Gasteiger partial charge < -0.3 is 4.74 Å². The first-order valence-corrected chi connectivity index (χ1v) is 9.47. The van der Waals surface area contributed by atoms with Gasteiger partial charge in [0.15, 0.2) is 5.75 Å². The molecule has 30 heavy (non-hydrogen) atoms. The molecule has 2 aromatic carbocycles. The zero-order chi connectivity index (χ0) is 21.1. The first-order valence-electron chi connectivity index (χ1n) is 9.47. The van der Waals surface area contributed by atoms with Gasteiger partial charge in [-0.25, -0.2) is 9.97 Å². The number of rotatable bonds is 6. The number of nitro groups is 1. The fraction of sp³-hybridized carbons (Fsp3) is 0.130. The Morgan fingerprint density at radius 3 is 2.63 bits per heavy atom. The molecule has 0 fully saturated rings. The van der Waals surface area contributed by atoms with Gasteiger partial charge in [0, 0.05) is 23.7 Å². The second-order valence-electron chi connectivity index (χ2n) is 6.91. The molecule has 4 rings (SSSR count). The molecule has 2 aromatic heterocycles. The molecule has 0 amide bonds. The minimum Gasteiger partial charge on any atom is -0.482 e. The number of ether oxygens (including phenoxy) is 1. The van der Waals surface area contributed by atoms with Crippen LogP contribution in [-0.4, -0.2) is 19.3 Å². The number of nitrogens with zero attached hydrogens (tertiary/aromatic N) is 4. The van der Waals surface area contributed by atoms with Crippen molar-refractivity contribution in [3.05, 3.63) is 99.1 Å². The number of benzene rings is 2. The third-order valence-corrected chi connectivity index (χ3v) is 4.76. The van der Waals surface area contributed by atoms with Gasteiger partial charge in [-0.3, -0.25) is 14.5 Å². The van der Waals surface area contributed by atoms with Gasteiger partial charge in [0.25, 0.3) is 0 Å². The lowest BCUT2D eigenvalue weighted by molar-refractivity contribution is -0.385. The SMILES string of the molecule is Cc1ccn2c(C)c(/C=C/c3ccc([N+](=O)[O-])c(OCc4ccccc4)c3)nc2n1. The summed E-state index contributed by atoms with van der Waals surface area (Å²) in [6, 6.07) is 16.3. The topological polar surface area (TPSA) is 82.6 Å². The van der Waals surface area contributed by atoms with Crippen LogP contribution in [0.15, 0.2) is 60.8 Å². The molecule has 0 atom stereocenters. The molecule has 0 spiro atoms. The standard InChI is InChI=1S/C23H20N4O3/c1-16-12-13-26-17(2)20(25-23(26)24-16)10-8-18-9-11-21(27(28)29)22(14-18)30-15-19-6-4-3-5-7-19/h3-14H,15H2,1-2H3/b10-8+. The first kappa shape index (κ1) is 19.3. The maximum absolute atomic E-state index is 11.4. The van der Waals surface area contributed by atoms with Crippen LogP contribution in [0, 0.1) is 24.0 Å². The molecule has 0 aliphatic heterocycles. The molecule has 4 aromatic rings. The van der Waals surface area contributed by atoms with Crippen molar-refractivity contribution in [2.45, 2.75) is 20.5 Å². The van der Waals surface area contributed by atoms with Crippen LogP contribution >= 0.6 is 0 Å². The number of aryl methyl sites for hydroxylation is 2. The molecular formula is C23H20N4O3. The lowest BCUT2D eigenvalue weighted by atomic mass is 10.1. The van der Waals surface area contributed by atoms with Crippen molar-refractivity contribution in [3.8, 4) is 5.75 Å². The molecule has 0 radical (unpaired) electrons. The van der Waals surface area contributed by atoms with Crippen LogP contribution in [0.2, 0.25) is 0 Å². The zero-order valence-corrected chi connectivity index (χ0v) is 16.6. The van der Waals surface area contributed by atoms with Crippen molar-refractivity contribution in [1.29, 1.82) is 0 Å². The molecule has 0 N–H and O–H groups in total. The molecule has 0 unspecified atom stereocenters. The van der Waals surface area contributed by atoms with Crippen molar-refractivity contribution in [1.82, 2.24) is 14.4 Å². The van der Waals surface area contributed by atoms with Gasteiger partial charge in [0.05, 0.1) is 10.6 Å². The minimum atomic E-state index is -0.436. The Hall–Kier alpha value is -4.00. The van der Waals surface area contributed by atoms with E-state index in [-0.39, 0.29) is 18.0 Å². The number of hydrogen-bond donors (Lipinski definition) is 0. The van der Waals surface area contributed by atoms with Gasteiger partial charge in [-0.1, -0.05) is 36.4 Å². The van der Waals surface area contributed by atoms with Crippen LogP contribution < -0.4 is 4.74 Å². The Kier molecular flexibility index (Phi) is 5.26. The van der Waals surface area contributed by atoms with E-state index in [1.54, 1.807) is 12.1 Å². The maximum atomic E-state index is 11.4. The van der Waals surface area contributed by atoms with Crippen LogP contribution in [-0.2, 0) is 6.61 Å². The van der Waals surface area contributed by atoms with Crippen LogP contribution in [0.1, 0.15) is 28.2 Å². The lowest BCUT2D eigenvalue weighted by Crippen LogP contribution is -1.99. The average Bonchev–Trinajstić information content (AvgIpc) is 3.06. The van der Waals surface area contributed by atoms with E-state index in [0.29, 0.717) is 5.78 Å². The Morgan fingerprint density at radius 2 is 1.87 bits per heavy atom. The summed E-state index contributed by atoms with van der Waals surface area (Å²) in [5.74, 6) is 0.873. The van der Waals surface area contributed by atoms with Gasteiger partial charge in [0.1, 0.15) is 6.61 Å². The van der Waals surface area contributed by atoms with Crippen molar-refractivity contribution < 1.29 is 9.66 Å². The van der Waals surface area contributed by atoms with E-state index in [1.165, 1.54) is 6.07 Å². The van der Waals surface area contributed by atoms with E-state index in [4.69, 9.17) is 4.74 Å². The van der Waals surface area contributed by atoms with Gasteiger partial charge >= 0.3 is 5.69 Å². The number of hydrogen-bond acceptors (Lipinski definition) is 5. The van der Waals surface area contributed by atoms with Gasteiger partial charge in [-0.15, -0.1) is 0 Å². The quantitative estimate of drug-likeness (QED) is 0.336. The second-order valence-corrected chi connectivity index (χ2v) is 6.91. The van der Waals surface area contributed by atoms with Crippen molar-refractivity contribution >= 4 is 23.6 Å². The Labute approximate surface area is 173 Å². The molecule has 0 aliphatic rings. The summed E-state index contributed by atoms with van der Waals surface area (Å²) in [4.78, 5) is 19.9. The molecule has 0 aliphatic carbocycles. The Bertz CT molecular complexity index is 1250. The number of imidazole rings is 1. The van der Waals surface area contributed by atoms with Crippen molar-refractivity contribution in [2.24, 2.45) is 0 Å². The van der Waals surface area contributed by atoms with E-state index in [2.05, 4.69) is 9.97 Å². The second kappa shape index (κ2) is 8.16. The normalized spacial score (nSPS) is 11.3. The van der Waals surface area contributed by atoms with Crippen molar-refractivity contribution in [3.63, 3.8) is 0 Å². The summed E-state index contributed by atoms with van der Waals surface area (Å²) < 4.78 is 7.68. The zero-order valence-electron chi connectivity index (χ0n) is 16.6. The fourth-order valence-corrected chi connectivity index (χ4v) is 3.12. The largest absolute Gasteiger partial charge is 0.482 e. The molecule has 7 heteroatoms. The summed E-state index contributed by atoms with van der Waals surface area (Å²) >= 11 is 0.